The smallest absolute Gasteiger partial charge is 0.160 e. The summed E-state index contributed by atoms with van der Waals surface area (Å²) in [5, 5.41) is 13.1. The van der Waals surface area contributed by atoms with Crippen LogP contribution in [0.15, 0.2) is 18.2 Å². The third kappa shape index (κ3) is 2.90. The van der Waals surface area contributed by atoms with Crippen LogP contribution in [0.5, 0.6) is 11.5 Å². The summed E-state index contributed by atoms with van der Waals surface area (Å²) < 4.78 is 5.03. The summed E-state index contributed by atoms with van der Waals surface area (Å²) in [6, 6.07) is 6.18. The van der Waals surface area contributed by atoms with Gasteiger partial charge in [-0.05, 0) is 37.7 Å². The molecular weight excluding hydrogens is 216 g/mol. The highest BCUT2D eigenvalue weighted by Gasteiger charge is 2.19. The number of likely N-dealkylation sites (N-methyl/N-ethyl adjacent to an activating group) is 1. The molecule has 2 N–H and O–H groups in total. The highest BCUT2D eigenvalue weighted by Crippen LogP contribution is 2.27. The molecule has 0 saturated carbocycles. The minimum Gasteiger partial charge on any atom is -0.504 e. The molecule has 0 radical (unpaired) electrons. The molecule has 0 aromatic heterocycles. The van der Waals surface area contributed by atoms with Gasteiger partial charge in [0.2, 0.25) is 0 Å². The van der Waals surface area contributed by atoms with Crippen molar-refractivity contribution in [3.05, 3.63) is 23.8 Å². The maximum Gasteiger partial charge on any atom is 0.160 e. The Hall–Kier alpha value is -1.26. The highest BCUT2D eigenvalue weighted by molar-refractivity contribution is 5.41. The van der Waals surface area contributed by atoms with Crippen molar-refractivity contribution < 1.29 is 9.84 Å². The van der Waals surface area contributed by atoms with Gasteiger partial charge >= 0.3 is 0 Å². The number of methoxy groups -OCH3 is 1. The van der Waals surface area contributed by atoms with Gasteiger partial charge in [-0.2, -0.15) is 0 Å². The van der Waals surface area contributed by atoms with Crippen LogP contribution >= 0.6 is 0 Å². The lowest BCUT2D eigenvalue weighted by Gasteiger charge is -2.23. The molecule has 1 unspecified atom stereocenters. The van der Waals surface area contributed by atoms with Gasteiger partial charge in [0.15, 0.2) is 11.5 Å². The Balaban J connectivity index is 2.00. The maximum absolute atomic E-state index is 9.71. The summed E-state index contributed by atoms with van der Waals surface area (Å²) in [5.41, 5.74) is 1.11. The number of phenols is 1. The topological polar surface area (TPSA) is 44.7 Å². The standard InChI is InChI=1S/C13H20N2O2/c1-15(11-5-6-14-8-11)9-10-3-4-13(17-2)12(16)7-10/h3-4,7,11,14,16H,5-6,8-9H2,1-2H3. The lowest BCUT2D eigenvalue weighted by Crippen LogP contribution is -2.32. The minimum absolute atomic E-state index is 0.211. The fraction of sp³-hybridized carbons (Fsp3) is 0.538. The third-order valence-electron chi connectivity index (χ3n) is 3.33. The van der Waals surface area contributed by atoms with Crippen molar-refractivity contribution >= 4 is 0 Å². The second kappa shape index (κ2) is 5.38. The van der Waals surface area contributed by atoms with E-state index in [-0.39, 0.29) is 5.75 Å². The highest BCUT2D eigenvalue weighted by atomic mass is 16.5. The first kappa shape index (κ1) is 12.2. The zero-order valence-electron chi connectivity index (χ0n) is 10.4. The second-order valence-corrected chi connectivity index (χ2v) is 4.57. The molecule has 17 heavy (non-hydrogen) atoms. The number of ether oxygens (including phenoxy) is 1. The number of aromatic hydroxyl groups is 1. The molecule has 0 bridgehead atoms. The second-order valence-electron chi connectivity index (χ2n) is 4.57. The first-order valence-corrected chi connectivity index (χ1v) is 5.97. The Labute approximate surface area is 102 Å². The van der Waals surface area contributed by atoms with Gasteiger partial charge in [-0.3, -0.25) is 4.90 Å². The predicted octanol–water partition coefficient (Wildman–Crippen LogP) is 1.19. The predicted molar refractivity (Wildman–Crippen MR) is 67.4 cm³/mol. The maximum atomic E-state index is 9.71. The van der Waals surface area contributed by atoms with Crippen molar-refractivity contribution in [1.82, 2.24) is 10.2 Å². The Bertz CT molecular complexity index is 376. The van der Waals surface area contributed by atoms with Crippen LogP contribution in [0.3, 0.4) is 0 Å². The molecule has 2 rings (SSSR count). The Morgan fingerprint density at radius 3 is 2.94 bits per heavy atom. The van der Waals surface area contributed by atoms with Crippen molar-refractivity contribution in [3.63, 3.8) is 0 Å². The zero-order valence-corrected chi connectivity index (χ0v) is 10.4. The van der Waals surface area contributed by atoms with E-state index in [1.165, 1.54) is 6.42 Å². The van der Waals surface area contributed by atoms with Crippen LogP contribution in [0.25, 0.3) is 0 Å². The molecule has 1 aromatic rings. The number of phenolic OH excluding ortho intramolecular Hbond substituents is 1. The molecule has 1 saturated heterocycles. The van der Waals surface area contributed by atoms with E-state index in [0.717, 1.165) is 25.2 Å². The van der Waals surface area contributed by atoms with Gasteiger partial charge in [0, 0.05) is 19.1 Å². The third-order valence-corrected chi connectivity index (χ3v) is 3.33. The number of nitrogens with one attached hydrogen (secondary N) is 1. The zero-order chi connectivity index (χ0) is 12.3. The van der Waals surface area contributed by atoms with Crippen LogP contribution in [0.4, 0.5) is 0 Å². The van der Waals surface area contributed by atoms with E-state index < -0.39 is 0 Å². The number of hydrogen-bond donors (Lipinski definition) is 2. The molecule has 1 aromatic carbocycles. The molecule has 4 heteroatoms. The molecule has 1 heterocycles. The average molecular weight is 236 g/mol. The van der Waals surface area contributed by atoms with Crippen LogP contribution in [0, 0.1) is 0 Å². The van der Waals surface area contributed by atoms with Gasteiger partial charge in [-0.15, -0.1) is 0 Å². The van der Waals surface area contributed by atoms with Gasteiger partial charge < -0.3 is 15.2 Å². The number of rotatable bonds is 4. The van der Waals surface area contributed by atoms with Gasteiger partial charge in [-0.25, -0.2) is 0 Å². The van der Waals surface area contributed by atoms with Crippen molar-refractivity contribution in [3.8, 4) is 11.5 Å². The minimum atomic E-state index is 0.211. The molecule has 0 aliphatic carbocycles. The van der Waals surface area contributed by atoms with Gasteiger partial charge in [0.25, 0.3) is 0 Å². The molecule has 1 aliphatic heterocycles. The molecular formula is C13H20N2O2. The Morgan fingerprint density at radius 1 is 1.53 bits per heavy atom. The Morgan fingerprint density at radius 2 is 2.35 bits per heavy atom. The summed E-state index contributed by atoms with van der Waals surface area (Å²) in [4.78, 5) is 2.32. The molecule has 0 spiro atoms. The van der Waals surface area contributed by atoms with Crippen molar-refractivity contribution in [2.75, 3.05) is 27.2 Å². The van der Waals surface area contributed by atoms with Crippen molar-refractivity contribution in [2.45, 2.75) is 19.0 Å². The molecule has 4 nitrogen and oxygen atoms in total. The van der Waals surface area contributed by atoms with Gasteiger partial charge in [-0.1, -0.05) is 6.07 Å². The van der Waals surface area contributed by atoms with E-state index in [4.69, 9.17) is 4.74 Å². The number of nitrogens with zero attached hydrogens (tertiary/aromatic N) is 1. The molecule has 1 fully saturated rings. The van der Waals surface area contributed by atoms with Crippen molar-refractivity contribution in [2.24, 2.45) is 0 Å². The number of benzene rings is 1. The Kier molecular flexibility index (Phi) is 3.86. The van der Waals surface area contributed by atoms with E-state index in [9.17, 15) is 5.11 Å². The quantitative estimate of drug-likeness (QED) is 0.824. The van der Waals surface area contributed by atoms with Gasteiger partial charge in [0.05, 0.1) is 7.11 Å². The van der Waals surface area contributed by atoms with Crippen LogP contribution in [-0.4, -0.2) is 43.3 Å². The van der Waals surface area contributed by atoms with E-state index in [1.54, 1.807) is 13.2 Å². The lowest BCUT2D eigenvalue weighted by atomic mass is 10.1. The largest absolute Gasteiger partial charge is 0.504 e. The van der Waals surface area contributed by atoms with Crippen LogP contribution in [-0.2, 0) is 6.54 Å². The van der Waals surface area contributed by atoms with E-state index in [2.05, 4.69) is 17.3 Å². The van der Waals surface area contributed by atoms with Crippen LogP contribution < -0.4 is 10.1 Å². The van der Waals surface area contributed by atoms with Gasteiger partial charge in [0.1, 0.15) is 0 Å². The molecule has 94 valence electrons. The SMILES string of the molecule is COc1ccc(CN(C)C2CCNC2)cc1O. The average Bonchev–Trinajstić information content (AvgIpc) is 2.82. The molecule has 1 aliphatic rings. The lowest BCUT2D eigenvalue weighted by molar-refractivity contribution is 0.248. The summed E-state index contributed by atoms with van der Waals surface area (Å²) in [6.45, 7) is 3.01. The molecule has 0 amide bonds. The summed E-state index contributed by atoms with van der Waals surface area (Å²) in [6.07, 6.45) is 1.19. The van der Waals surface area contributed by atoms with E-state index in [1.807, 2.05) is 12.1 Å². The fourth-order valence-electron chi connectivity index (χ4n) is 2.27. The summed E-state index contributed by atoms with van der Waals surface area (Å²) in [7, 11) is 3.68. The fourth-order valence-corrected chi connectivity index (χ4v) is 2.27. The van der Waals surface area contributed by atoms with Crippen molar-refractivity contribution in [1.29, 1.82) is 0 Å². The van der Waals surface area contributed by atoms with Crippen LogP contribution in [0.2, 0.25) is 0 Å². The summed E-state index contributed by atoms with van der Waals surface area (Å²) >= 11 is 0. The normalized spacial score (nSPS) is 19.8. The first-order valence-electron chi connectivity index (χ1n) is 5.97. The number of hydrogen-bond acceptors (Lipinski definition) is 4. The first-order chi connectivity index (χ1) is 8.20. The van der Waals surface area contributed by atoms with Crippen LogP contribution in [0.1, 0.15) is 12.0 Å². The van der Waals surface area contributed by atoms with E-state index >= 15 is 0 Å². The summed E-state index contributed by atoms with van der Waals surface area (Å²) in [5.74, 6) is 0.738. The molecule has 1 atom stereocenters. The van der Waals surface area contributed by atoms with E-state index in [0.29, 0.717) is 11.8 Å². The monoisotopic (exact) mass is 236 g/mol.